The van der Waals surface area contributed by atoms with E-state index < -0.39 is 0 Å². The lowest BCUT2D eigenvalue weighted by Crippen LogP contribution is -2.10. The largest absolute Gasteiger partial charge is 0.0992 e. The molecular formula is C34H42. The van der Waals surface area contributed by atoms with Gasteiger partial charge in [0.25, 0.3) is 0 Å². The van der Waals surface area contributed by atoms with Gasteiger partial charge in [0.15, 0.2) is 0 Å². The van der Waals surface area contributed by atoms with Crippen molar-refractivity contribution in [2.45, 2.75) is 79.6 Å². The summed E-state index contributed by atoms with van der Waals surface area (Å²) in [5, 5.41) is 0. The lowest BCUT2D eigenvalue weighted by atomic mass is 9.82. The first-order valence-corrected chi connectivity index (χ1v) is 13.4. The van der Waals surface area contributed by atoms with Crippen LogP contribution in [0.15, 0.2) is 60.2 Å². The Labute approximate surface area is 207 Å². The zero-order valence-corrected chi connectivity index (χ0v) is 22.1. The Balaban J connectivity index is 1.46. The third-order valence-corrected chi connectivity index (χ3v) is 9.31. The number of hydrogen-bond donors (Lipinski definition) is 0. The molecule has 178 valence electrons. The van der Waals surface area contributed by atoms with Crippen molar-refractivity contribution < 1.29 is 0 Å². The fraction of sp³-hybridized carbons (Fsp3) is 0.471. The molecule has 2 aromatic rings. The number of aryl methyl sites for hydroxylation is 2. The average Bonchev–Trinajstić information content (AvgIpc) is 3.42. The molecule has 0 heteroatoms. The van der Waals surface area contributed by atoms with Crippen molar-refractivity contribution in [2.24, 2.45) is 23.2 Å². The first-order chi connectivity index (χ1) is 16.1. The van der Waals surface area contributed by atoms with Crippen LogP contribution in [0.3, 0.4) is 0 Å². The third-order valence-electron chi connectivity index (χ3n) is 9.31. The van der Waals surface area contributed by atoms with E-state index >= 15 is 0 Å². The van der Waals surface area contributed by atoms with Crippen molar-refractivity contribution in [1.82, 2.24) is 0 Å². The van der Waals surface area contributed by atoms with Gasteiger partial charge in [-0.25, -0.2) is 0 Å². The average molecular weight is 451 g/mol. The predicted molar refractivity (Wildman–Crippen MR) is 148 cm³/mol. The second-order valence-electron chi connectivity index (χ2n) is 12.3. The zero-order chi connectivity index (χ0) is 24.2. The number of allylic oxidation sites excluding steroid dienone is 3. The Morgan fingerprint density at radius 2 is 1.79 bits per heavy atom. The van der Waals surface area contributed by atoms with Gasteiger partial charge in [-0.05, 0) is 96.6 Å². The van der Waals surface area contributed by atoms with Gasteiger partial charge in [-0.15, -0.1) is 0 Å². The van der Waals surface area contributed by atoms with E-state index in [-0.39, 0.29) is 5.41 Å². The zero-order valence-electron chi connectivity index (χ0n) is 22.1. The molecule has 2 aromatic carbocycles. The summed E-state index contributed by atoms with van der Waals surface area (Å²) in [6.07, 6.45) is 11.1. The summed E-state index contributed by atoms with van der Waals surface area (Å²) in [7, 11) is 0. The molecule has 1 unspecified atom stereocenters. The van der Waals surface area contributed by atoms with Crippen LogP contribution < -0.4 is 0 Å². The molecule has 3 aliphatic carbocycles. The lowest BCUT2D eigenvalue weighted by Gasteiger charge is -2.22. The summed E-state index contributed by atoms with van der Waals surface area (Å²) in [5.74, 6) is 2.10. The van der Waals surface area contributed by atoms with E-state index in [1.54, 1.807) is 11.1 Å². The topological polar surface area (TPSA) is 0 Å². The molecule has 3 atom stereocenters. The summed E-state index contributed by atoms with van der Waals surface area (Å²) in [4.78, 5) is 0. The van der Waals surface area contributed by atoms with E-state index in [1.807, 2.05) is 0 Å². The Kier molecular flexibility index (Phi) is 5.99. The molecule has 0 nitrogen and oxygen atoms in total. The van der Waals surface area contributed by atoms with Crippen LogP contribution in [0.1, 0.15) is 80.7 Å². The lowest BCUT2D eigenvalue weighted by molar-refractivity contribution is 0.417. The van der Waals surface area contributed by atoms with Crippen LogP contribution >= 0.6 is 0 Å². The van der Waals surface area contributed by atoms with E-state index in [0.29, 0.717) is 5.92 Å². The van der Waals surface area contributed by atoms with Gasteiger partial charge in [0.1, 0.15) is 0 Å². The van der Waals surface area contributed by atoms with E-state index in [0.717, 1.165) is 31.1 Å². The van der Waals surface area contributed by atoms with Gasteiger partial charge in [-0.2, -0.15) is 0 Å². The predicted octanol–water partition coefficient (Wildman–Crippen LogP) is 9.44. The van der Waals surface area contributed by atoms with Gasteiger partial charge in [0.2, 0.25) is 0 Å². The van der Waals surface area contributed by atoms with Crippen LogP contribution in [-0.2, 0) is 12.8 Å². The molecule has 0 bridgehead atoms. The Morgan fingerprint density at radius 3 is 2.47 bits per heavy atom. The minimum absolute atomic E-state index is 0.185. The molecule has 0 aliphatic heterocycles. The Bertz CT molecular complexity index is 1180. The monoisotopic (exact) mass is 450 g/mol. The maximum atomic E-state index is 4.49. The quantitative estimate of drug-likeness (QED) is 0.398. The van der Waals surface area contributed by atoms with Gasteiger partial charge in [-0.1, -0.05) is 105 Å². The molecule has 0 saturated heterocycles. The number of hydrogen-bond acceptors (Lipinski definition) is 0. The van der Waals surface area contributed by atoms with Crippen molar-refractivity contribution in [3.8, 4) is 11.1 Å². The molecule has 0 spiro atoms. The van der Waals surface area contributed by atoms with Gasteiger partial charge in [0, 0.05) is 5.92 Å². The summed E-state index contributed by atoms with van der Waals surface area (Å²) >= 11 is 0. The second-order valence-corrected chi connectivity index (χ2v) is 12.3. The maximum Gasteiger partial charge on any atom is 0.00447 e. The van der Waals surface area contributed by atoms with Crippen molar-refractivity contribution in [1.29, 1.82) is 0 Å². The first-order valence-electron chi connectivity index (χ1n) is 13.4. The molecule has 0 radical (unpaired) electrons. The summed E-state index contributed by atoms with van der Waals surface area (Å²) < 4.78 is 0. The fourth-order valence-corrected chi connectivity index (χ4v) is 7.17. The van der Waals surface area contributed by atoms with E-state index in [2.05, 4.69) is 84.2 Å². The SMILES string of the molecule is C=C1CC(C)(C)C(=C)C1CC1=Cc2cccc(-c3cc(C)cc(C)c3C[C@@H]3CCC[C@@H]3C)c2C1. The van der Waals surface area contributed by atoms with Crippen molar-refractivity contribution in [2.75, 3.05) is 0 Å². The molecule has 0 heterocycles. The molecule has 0 aromatic heterocycles. The van der Waals surface area contributed by atoms with Crippen LogP contribution in [0, 0.1) is 37.0 Å². The van der Waals surface area contributed by atoms with Crippen LogP contribution in [-0.4, -0.2) is 0 Å². The minimum atomic E-state index is 0.185. The molecule has 34 heavy (non-hydrogen) atoms. The number of fused-ring (bicyclic) bond motifs is 1. The van der Waals surface area contributed by atoms with Crippen LogP contribution in [0.4, 0.5) is 0 Å². The van der Waals surface area contributed by atoms with Crippen molar-refractivity contribution in [3.05, 3.63) is 88.0 Å². The van der Waals surface area contributed by atoms with Crippen LogP contribution in [0.2, 0.25) is 0 Å². The molecule has 0 N–H and O–H groups in total. The van der Waals surface area contributed by atoms with E-state index in [4.69, 9.17) is 0 Å². The number of rotatable bonds is 5. The smallest absolute Gasteiger partial charge is 0.00447 e. The van der Waals surface area contributed by atoms with E-state index in [1.165, 1.54) is 70.2 Å². The summed E-state index contributed by atoms with van der Waals surface area (Å²) in [5.41, 5.74) is 14.8. The molecule has 2 saturated carbocycles. The number of benzene rings is 2. The third kappa shape index (κ3) is 4.15. The molecule has 2 fully saturated rings. The standard InChI is InChI=1S/C34H42/c1-21-14-23(3)31(19-27-11-8-10-22(27)2)33(15-21)29-13-9-12-28-16-26(18-32(28)29)17-30-24(4)20-34(6,7)25(30)5/h9,12-16,22,27,30H,4-5,8,10-11,17-20H2,1-3,6-7H3/t22-,27-,30?/m0/s1. The second kappa shape index (κ2) is 8.71. The molecular weight excluding hydrogens is 408 g/mol. The fourth-order valence-electron chi connectivity index (χ4n) is 7.17. The van der Waals surface area contributed by atoms with Gasteiger partial charge in [-0.3, -0.25) is 0 Å². The summed E-state index contributed by atoms with van der Waals surface area (Å²) in [6, 6.07) is 11.8. The Hall–Kier alpha value is -2.34. The highest BCUT2D eigenvalue weighted by Crippen LogP contribution is 2.51. The Morgan fingerprint density at radius 1 is 1.00 bits per heavy atom. The van der Waals surface area contributed by atoms with Gasteiger partial charge in [0.05, 0.1) is 0 Å². The van der Waals surface area contributed by atoms with Gasteiger partial charge < -0.3 is 0 Å². The molecule has 5 rings (SSSR count). The van der Waals surface area contributed by atoms with Crippen molar-refractivity contribution in [3.63, 3.8) is 0 Å². The van der Waals surface area contributed by atoms with E-state index in [9.17, 15) is 0 Å². The highest BCUT2D eigenvalue weighted by Gasteiger charge is 2.38. The highest BCUT2D eigenvalue weighted by atomic mass is 14.4. The molecule has 0 amide bonds. The van der Waals surface area contributed by atoms with Gasteiger partial charge >= 0.3 is 0 Å². The normalized spacial score (nSPS) is 25.7. The first kappa shape index (κ1) is 23.4. The highest BCUT2D eigenvalue weighted by molar-refractivity contribution is 5.80. The maximum absolute atomic E-state index is 4.49. The minimum Gasteiger partial charge on any atom is -0.0992 e. The summed E-state index contributed by atoms with van der Waals surface area (Å²) in [6.45, 7) is 20.6. The van der Waals surface area contributed by atoms with Crippen LogP contribution in [0.25, 0.3) is 17.2 Å². The van der Waals surface area contributed by atoms with Crippen molar-refractivity contribution >= 4 is 6.08 Å². The van der Waals surface area contributed by atoms with Crippen LogP contribution in [0.5, 0.6) is 0 Å². The molecule has 3 aliphatic rings.